The van der Waals surface area contributed by atoms with Gasteiger partial charge in [-0.05, 0) is 65.4 Å². The van der Waals surface area contributed by atoms with Crippen LogP contribution in [0.5, 0.6) is 11.5 Å². The first kappa shape index (κ1) is 50.7. The van der Waals surface area contributed by atoms with Gasteiger partial charge in [0.1, 0.15) is 47.8 Å². The number of alkyl carbamates (subject to hydrolysis) is 2. The second-order valence-electron chi connectivity index (χ2n) is 20.1. The second-order valence-corrected chi connectivity index (χ2v) is 20.1. The molecule has 3 aliphatic rings. The molecule has 0 saturated carbocycles. The summed E-state index contributed by atoms with van der Waals surface area (Å²) < 4.78 is 55.3. The van der Waals surface area contributed by atoms with E-state index in [1.807, 2.05) is 86.6 Å². The number of alkyl halides is 2. The number of hydrogen-bond acceptors (Lipinski definition) is 11. The van der Waals surface area contributed by atoms with E-state index in [0.717, 1.165) is 50.0 Å². The highest BCUT2D eigenvalue weighted by Crippen LogP contribution is 2.51. The Morgan fingerprint density at radius 2 is 1.43 bits per heavy atom. The van der Waals surface area contributed by atoms with Gasteiger partial charge >= 0.3 is 12.2 Å². The normalized spacial score (nSPS) is 20.6. The Labute approximate surface area is 432 Å². The highest BCUT2D eigenvalue weighted by atomic mass is 19.1. The largest absolute Gasteiger partial charge is 0.497 e. The second kappa shape index (κ2) is 20.9. The number of aromatic nitrogens is 5. The van der Waals surface area contributed by atoms with E-state index in [2.05, 4.69) is 48.4 Å². The van der Waals surface area contributed by atoms with Gasteiger partial charge in [-0.2, -0.15) is 0 Å². The van der Waals surface area contributed by atoms with E-state index in [1.165, 1.54) is 19.1 Å². The highest BCUT2D eigenvalue weighted by Gasteiger charge is 2.44. The van der Waals surface area contributed by atoms with E-state index in [4.69, 9.17) is 23.9 Å². The third-order valence-electron chi connectivity index (χ3n) is 14.6. The molecule has 0 bridgehead atoms. The number of imidazole rings is 2. The van der Waals surface area contributed by atoms with Gasteiger partial charge in [0.05, 0.1) is 81.0 Å². The van der Waals surface area contributed by atoms with Gasteiger partial charge in [0.25, 0.3) is 0 Å². The van der Waals surface area contributed by atoms with Crippen LogP contribution < -0.4 is 20.1 Å². The van der Waals surface area contributed by atoms with Crippen LogP contribution in [0.4, 0.5) is 18.4 Å². The number of aliphatic hydroxyl groups is 1. The lowest BCUT2D eigenvalue weighted by Gasteiger charge is -2.35. The minimum atomic E-state index is -1.28. The molecule has 4 aromatic carbocycles. The van der Waals surface area contributed by atoms with Crippen LogP contribution in [0.15, 0.2) is 103 Å². The van der Waals surface area contributed by atoms with Crippen molar-refractivity contribution in [1.29, 1.82) is 0 Å². The van der Waals surface area contributed by atoms with Gasteiger partial charge in [-0.15, -0.1) is 0 Å². The standard InChI is InChI=1S/C56H61F2N9O8/c1-29(2)48(63-55(70)73-6)52(68)65-27-36(57)23-44(65)50-59-25-40(61-50)32-16-17-42-35(18-32)21-43-47-39(31-12-9-8-10-13-31)20-34(22-46(47)75-54(67(42)43)33-14-11-15-38(19-33)72-5)41-26-60-51(62-41)45-24-37(58)28-66(45)53(69)49(30(3)4)64-56(71)74-7/h8-22,25-26,29-30,36-37,44-45,48-49,53-54,69H,23-24,27-28H2,1-7H3,(H,59,61)(H,60,62)(H,63,70)(H,64,71). The molecule has 8 atom stereocenters. The number of rotatable bonds is 14. The number of nitrogens with one attached hydrogen (secondary N) is 4. The molecular weight excluding hydrogens is 965 g/mol. The van der Waals surface area contributed by atoms with Crippen LogP contribution in [0.1, 0.15) is 76.1 Å². The lowest BCUT2D eigenvalue weighted by molar-refractivity contribution is -0.135. The van der Waals surface area contributed by atoms with Gasteiger partial charge in [-0.3, -0.25) is 9.69 Å². The Hall–Kier alpha value is -7.77. The third kappa shape index (κ3) is 9.77. The maximum Gasteiger partial charge on any atom is 0.407 e. The molecule has 3 aliphatic heterocycles. The molecule has 17 nitrogen and oxygen atoms in total. The van der Waals surface area contributed by atoms with E-state index in [-0.39, 0.29) is 37.8 Å². The highest BCUT2D eigenvalue weighted by molar-refractivity contribution is 5.97. The summed E-state index contributed by atoms with van der Waals surface area (Å²) in [4.78, 5) is 57.8. The summed E-state index contributed by atoms with van der Waals surface area (Å²) >= 11 is 0. The number of likely N-dealkylation sites (tertiary alicyclic amines) is 2. The van der Waals surface area contributed by atoms with E-state index >= 15 is 8.78 Å². The molecule has 75 heavy (non-hydrogen) atoms. The summed E-state index contributed by atoms with van der Waals surface area (Å²) in [5.41, 5.74) is 8.15. The number of fused-ring (bicyclic) bond motifs is 5. The number of benzene rings is 4. The number of carbonyl (C=O) groups is 3. The van der Waals surface area contributed by atoms with E-state index in [0.29, 0.717) is 34.5 Å². The van der Waals surface area contributed by atoms with Crippen molar-refractivity contribution in [2.75, 3.05) is 34.4 Å². The molecule has 10 rings (SSSR count). The average Bonchev–Trinajstić information content (AvgIpc) is 4.35. The van der Waals surface area contributed by atoms with Crippen LogP contribution in [0, 0.1) is 11.8 Å². The molecule has 2 saturated heterocycles. The maximum absolute atomic E-state index is 15.4. The van der Waals surface area contributed by atoms with Crippen molar-refractivity contribution in [3.05, 3.63) is 121 Å². The molecule has 0 spiro atoms. The number of halogens is 2. The average molecular weight is 1030 g/mol. The fourth-order valence-corrected chi connectivity index (χ4v) is 10.8. The number of H-pyrrole nitrogens is 2. The maximum atomic E-state index is 15.4. The zero-order valence-corrected chi connectivity index (χ0v) is 42.7. The molecule has 3 amide bonds. The van der Waals surface area contributed by atoms with Crippen LogP contribution in [-0.2, 0) is 14.3 Å². The summed E-state index contributed by atoms with van der Waals surface area (Å²) in [6, 6.07) is 27.1. The molecule has 6 heterocycles. The van der Waals surface area contributed by atoms with Crippen molar-refractivity contribution < 1.29 is 47.2 Å². The number of aliphatic hydroxyl groups excluding tert-OH is 1. The zero-order valence-electron chi connectivity index (χ0n) is 42.7. The van der Waals surface area contributed by atoms with Crippen LogP contribution in [-0.4, -0.2) is 123 Å². The van der Waals surface area contributed by atoms with E-state index in [9.17, 15) is 19.5 Å². The van der Waals surface area contributed by atoms with Gasteiger partial charge in [0, 0.05) is 47.0 Å². The molecule has 7 aromatic rings. The van der Waals surface area contributed by atoms with Crippen LogP contribution in [0.25, 0.3) is 55.8 Å². The summed E-state index contributed by atoms with van der Waals surface area (Å²) in [6.45, 7) is 7.15. The minimum Gasteiger partial charge on any atom is -0.497 e. The zero-order chi connectivity index (χ0) is 52.8. The van der Waals surface area contributed by atoms with Gasteiger partial charge in [-0.25, -0.2) is 28.3 Å². The quantitative estimate of drug-likeness (QED) is 0.0695. The molecule has 0 radical (unpaired) electrons. The number of nitrogens with zero attached hydrogens (tertiary/aromatic N) is 5. The smallest absolute Gasteiger partial charge is 0.407 e. The van der Waals surface area contributed by atoms with E-state index in [1.54, 1.807) is 38.3 Å². The fraction of sp³-hybridized carbons (Fsp3) is 0.375. The fourth-order valence-electron chi connectivity index (χ4n) is 10.8. The number of carbonyl (C=O) groups excluding carboxylic acids is 3. The summed E-state index contributed by atoms with van der Waals surface area (Å²) in [5, 5.41) is 17.9. The Morgan fingerprint density at radius 1 is 0.747 bits per heavy atom. The van der Waals surface area contributed by atoms with Crippen molar-refractivity contribution in [1.82, 2.24) is 44.9 Å². The van der Waals surface area contributed by atoms with Crippen LogP contribution in [0.3, 0.4) is 0 Å². The number of hydrogen-bond donors (Lipinski definition) is 5. The molecular formula is C56H61F2N9O8. The SMILES string of the molecule is COC(=O)NC(C(=O)N1CC(F)CC1c1ncc(-c2ccc3c(c2)cc2n3C(c3cccc(OC)c3)Oc3cc(-c4cnc(C5CC(F)CN5C(O)C(NC(=O)OC)C(C)C)[nH]4)cc(-c4ccccc4)c3-2)[nH]1)C(C)C. The van der Waals surface area contributed by atoms with Crippen LogP contribution in [0.2, 0.25) is 0 Å². The first-order valence-corrected chi connectivity index (χ1v) is 25.2. The Kier molecular flexibility index (Phi) is 14.1. The molecule has 2 fully saturated rings. The van der Waals surface area contributed by atoms with Crippen molar-refractivity contribution in [2.24, 2.45) is 11.8 Å². The first-order chi connectivity index (χ1) is 36.1. The Balaban J connectivity index is 1.04. The molecule has 392 valence electrons. The predicted molar refractivity (Wildman–Crippen MR) is 277 cm³/mol. The van der Waals surface area contributed by atoms with Gasteiger partial charge < -0.3 is 54.1 Å². The molecule has 8 unspecified atom stereocenters. The van der Waals surface area contributed by atoms with Crippen molar-refractivity contribution in [3.63, 3.8) is 0 Å². The summed E-state index contributed by atoms with van der Waals surface area (Å²) in [6.07, 6.45) is -2.33. The number of methoxy groups -OCH3 is 3. The topological polar surface area (TPSA) is 201 Å². The van der Waals surface area contributed by atoms with Crippen molar-refractivity contribution >= 4 is 29.0 Å². The molecule has 0 aliphatic carbocycles. The lowest BCUT2D eigenvalue weighted by Crippen LogP contribution is -2.54. The monoisotopic (exact) mass is 1030 g/mol. The molecule has 19 heteroatoms. The minimum absolute atomic E-state index is 0.0460. The van der Waals surface area contributed by atoms with Gasteiger partial charge in [0.15, 0.2) is 0 Å². The Morgan fingerprint density at radius 3 is 2.12 bits per heavy atom. The number of aromatic amines is 2. The van der Waals surface area contributed by atoms with Crippen molar-refractivity contribution in [3.8, 4) is 56.4 Å². The predicted octanol–water partition coefficient (Wildman–Crippen LogP) is 9.48. The molecule has 5 N–H and O–H groups in total. The summed E-state index contributed by atoms with van der Waals surface area (Å²) in [5.74, 6) is 1.25. The number of ether oxygens (including phenoxy) is 4. The lowest BCUT2D eigenvalue weighted by atomic mass is 9.92. The van der Waals surface area contributed by atoms with Crippen molar-refractivity contribution in [2.45, 2.75) is 89.5 Å². The third-order valence-corrected chi connectivity index (χ3v) is 14.6. The van der Waals surface area contributed by atoms with Gasteiger partial charge in [0.2, 0.25) is 12.1 Å². The van der Waals surface area contributed by atoms with Crippen LogP contribution >= 0.6 is 0 Å². The molecule has 3 aromatic heterocycles. The van der Waals surface area contributed by atoms with Gasteiger partial charge in [-0.1, -0.05) is 76.2 Å². The summed E-state index contributed by atoms with van der Waals surface area (Å²) in [7, 11) is 4.10. The Bertz CT molecular complexity index is 3230. The first-order valence-electron chi connectivity index (χ1n) is 25.2. The number of amides is 3. The van der Waals surface area contributed by atoms with E-state index < -0.39 is 67.1 Å².